The Morgan fingerprint density at radius 2 is 2.00 bits per heavy atom. The van der Waals surface area contributed by atoms with Gasteiger partial charge in [-0.15, -0.1) is 0 Å². The van der Waals surface area contributed by atoms with Crippen LogP contribution < -0.4 is 4.74 Å². The van der Waals surface area contributed by atoms with Crippen molar-refractivity contribution in [2.45, 2.75) is 32.0 Å². The lowest BCUT2D eigenvalue weighted by molar-refractivity contribution is 0.0653. The predicted molar refractivity (Wildman–Crippen MR) is 82.9 cm³/mol. The minimum absolute atomic E-state index is 0.0806. The van der Waals surface area contributed by atoms with Crippen LogP contribution in [-0.4, -0.2) is 5.11 Å². The molecule has 3 rings (SSSR count). The predicted octanol–water partition coefficient (Wildman–Crippen LogP) is 4.57. The van der Waals surface area contributed by atoms with Gasteiger partial charge in [0.1, 0.15) is 11.9 Å². The molecule has 0 aliphatic carbocycles. The van der Waals surface area contributed by atoms with E-state index in [1.807, 2.05) is 30.3 Å². The molecule has 2 aromatic carbocycles. The van der Waals surface area contributed by atoms with Gasteiger partial charge < -0.3 is 9.84 Å². The molecule has 104 valence electrons. The summed E-state index contributed by atoms with van der Waals surface area (Å²) in [5.74, 6) is 0.772. The standard InChI is InChI=1S/C17H17BrO2/c1-2-11-5-3-4-6-13(11)17-10-15(19)14-8-7-12(18)9-16(14)20-17/h3-9,15,17,19H,2,10H2,1H3/t15-,17?/m0/s1. The highest BCUT2D eigenvalue weighted by Gasteiger charge is 2.29. The number of hydrogen-bond donors (Lipinski definition) is 1. The van der Waals surface area contributed by atoms with E-state index in [1.54, 1.807) is 0 Å². The largest absolute Gasteiger partial charge is 0.485 e. The lowest BCUT2D eigenvalue weighted by Gasteiger charge is -2.31. The van der Waals surface area contributed by atoms with Gasteiger partial charge in [-0.05, 0) is 29.7 Å². The number of fused-ring (bicyclic) bond motifs is 1. The maximum Gasteiger partial charge on any atom is 0.127 e. The van der Waals surface area contributed by atoms with Crippen molar-refractivity contribution >= 4 is 15.9 Å². The Morgan fingerprint density at radius 3 is 2.80 bits per heavy atom. The molecule has 1 aliphatic rings. The van der Waals surface area contributed by atoms with Crippen LogP contribution in [0.1, 0.15) is 42.2 Å². The van der Waals surface area contributed by atoms with Crippen LogP contribution in [0.5, 0.6) is 5.75 Å². The van der Waals surface area contributed by atoms with E-state index in [9.17, 15) is 5.11 Å². The van der Waals surface area contributed by atoms with Gasteiger partial charge >= 0.3 is 0 Å². The third-order valence-corrected chi connectivity index (χ3v) is 4.32. The van der Waals surface area contributed by atoms with E-state index < -0.39 is 6.10 Å². The molecule has 0 spiro atoms. The van der Waals surface area contributed by atoms with Crippen LogP contribution in [0.2, 0.25) is 0 Å². The van der Waals surface area contributed by atoms with Crippen LogP contribution in [-0.2, 0) is 6.42 Å². The zero-order chi connectivity index (χ0) is 14.1. The highest BCUT2D eigenvalue weighted by Crippen LogP contribution is 2.42. The fourth-order valence-corrected chi connectivity index (χ4v) is 3.12. The normalized spacial score (nSPS) is 21.1. The Balaban J connectivity index is 1.98. The third-order valence-electron chi connectivity index (χ3n) is 3.82. The minimum atomic E-state index is -0.471. The van der Waals surface area contributed by atoms with E-state index in [0.717, 1.165) is 22.2 Å². The van der Waals surface area contributed by atoms with Crippen LogP contribution in [0, 0.1) is 0 Å². The van der Waals surface area contributed by atoms with Crippen LogP contribution in [0.15, 0.2) is 46.9 Å². The monoisotopic (exact) mass is 332 g/mol. The van der Waals surface area contributed by atoms with Gasteiger partial charge in [0.2, 0.25) is 0 Å². The first-order chi connectivity index (χ1) is 9.69. The average Bonchev–Trinajstić information content (AvgIpc) is 2.46. The van der Waals surface area contributed by atoms with Crippen LogP contribution in [0.4, 0.5) is 0 Å². The average molecular weight is 333 g/mol. The van der Waals surface area contributed by atoms with E-state index in [1.165, 1.54) is 11.1 Å². The number of aryl methyl sites for hydroxylation is 1. The van der Waals surface area contributed by atoms with Gasteiger partial charge in [-0.3, -0.25) is 0 Å². The van der Waals surface area contributed by atoms with Crippen molar-refractivity contribution in [2.24, 2.45) is 0 Å². The maximum atomic E-state index is 10.4. The summed E-state index contributed by atoms with van der Waals surface area (Å²) in [6.07, 6.45) is 1.02. The Bertz CT molecular complexity index is 624. The van der Waals surface area contributed by atoms with Crippen LogP contribution in [0.3, 0.4) is 0 Å². The summed E-state index contributed by atoms with van der Waals surface area (Å²) in [6, 6.07) is 14.1. The second-order valence-electron chi connectivity index (χ2n) is 5.09. The molecule has 3 heteroatoms. The lowest BCUT2D eigenvalue weighted by Crippen LogP contribution is -2.20. The number of aliphatic hydroxyl groups is 1. The van der Waals surface area contributed by atoms with Crippen molar-refractivity contribution in [3.8, 4) is 5.75 Å². The third kappa shape index (κ3) is 2.48. The summed E-state index contributed by atoms with van der Waals surface area (Å²) in [5, 5.41) is 10.4. The second-order valence-corrected chi connectivity index (χ2v) is 6.01. The van der Waals surface area contributed by atoms with Crippen molar-refractivity contribution in [2.75, 3.05) is 0 Å². The lowest BCUT2D eigenvalue weighted by atomic mass is 9.92. The van der Waals surface area contributed by atoms with E-state index >= 15 is 0 Å². The molecule has 1 unspecified atom stereocenters. The molecular formula is C17H17BrO2. The van der Waals surface area contributed by atoms with Gasteiger partial charge in [0.05, 0.1) is 6.10 Å². The van der Waals surface area contributed by atoms with E-state index in [2.05, 4.69) is 35.0 Å². The minimum Gasteiger partial charge on any atom is -0.485 e. The van der Waals surface area contributed by atoms with Gasteiger partial charge in [0.15, 0.2) is 0 Å². The SMILES string of the molecule is CCc1ccccc1C1C[C@H](O)c2ccc(Br)cc2O1. The van der Waals surface area contributed by atoms with Gasteiger partial charge in [-0.1, -0.05) is 53.2 Å². The molecule has 0 saturated carbocycles. The number of ether oxygens (including phenoxy) is 1. The molecule has 0 saturated heterocycles. The quantitative estimate of drug-likeness (QED) is 0.872. The Labute approximate surface area is 127 Å². The number of rotatable bonds is 2. The first-order valence-corrected chi connectivity index (χ1v) is 7.70. The molecule has 0 aromatic heterocycles. The second kappa shape index (κ2) is 5.58. The molecule has 0 bridgehead atoms. The Kier molecular flexibility index (Phi) is 3.81. The Hall–Kier alpha value is -1.32. The molecular weight excluding hydrogens is 316 g/mol. The molecule has 0 radical (unpaired) electrons. The molecule has 1 aliphatic heterocycles. The molecule has 2 atom stereocenters. The fraction of sp³-hybridized carbons (Fsp3) is 0.294. The van der Waals surface area contributed by atoms with Gasteiger partial charge in [0.25, 0.3) is 0 Å². The van der Waals surface area contributed by atoms with E-state index in [4.69, 9.17) is 4.74 Å². The van der Waals surface area contributed by atoms with E-state index in [0.29, 0.717) is 6.42 Å². The first kappa shape index (κ1) is 13.7. The van der Waals surface area contributed by atoms with Crippen LogP contribution >= 0.6 is 15.9 Å². The zero-order valence-corrected chi connectivity index (χ0v) is 12.9. The summed E-state index contributed by atoms with van der Waals surface area (Å²) < 4.78 is 7.09. The molecule has 20 heavy (non-hydrogen) atoms. The molecule has 0 amide bonds. The van der Waals surface area contributed by atoms with Gasteiger partial charge in [0, 0.05) is 16.5 Å². The van der Waals surface area contributed by atoms with Crippen molar-refractivity contribution < 1.29 is 9.84 Å². The highest BCUT2D eigenvalue weighted by molar-refractivity contribution is 9.10. The topological polar surface area (TPSA) is 29.5 Å². The number of hydrogen-bond acceptors (Lipinski definition) is 2. The first-order valence-electron chi connectivity index (χ1n) is 6.91. The molecule has 1 N–H and O–H groups in total. The van der Waals surface area contributed by atoms with Crippen molar-refractivity contribution in [1.82, 2.24) is 0 Å². The number of aliphatic hydroxyl groups excluding tert-OH is 1. The summed E-state index contributed by atoms with van der Waals surface area (Å²) >= 11 is 3.45. The molecule has 1 heterocycles. The van der Waals surface area contributed by atoms with E-state index in [-0.39, 0.29) is 6.10 Å². The maximum absolute atomic E-state index is 10.4. The zero-order valence-electron chi connectivity index (χ0n) is 11.3. The van der Waals surface area contributed by atoms with Crippen molar-refractivity contribution in [3.05, 3.63) is 63.6 Å². The molecule has 0 fully saturated rings. The fourth-order valence-electron chi connectivity index (χ4n) is 2.78. The number of halogens is 1. The highest BCUT2D eigenvalue weighted by atomic mass is 79.9. The molecule has 2 nitrogen and oxygen atoms in total. The van der Waals surface area contributed by atoms with Crippen molar-refractivity contribution in [3.63, 3.8) is 0 Å². The molecule has 2 aromatic rings. The number of benzene rings is 2. The summed E-state index contributed by atoms with van der Waals surface area (Å²) in [4.78, 5) is 0. The smallest absolute Gasteiger partial charge is 0.127 e. The van der Waals surface area contributed by atoms with Gasteiger partial charge in [-0.25, -0.2) is 0 Å². The van der Waals surface area contributed by atoms with Crippen LogP contribution in [0.25, 0.3) is 0 Å². The summed E-state index contributed by atoms with van der Waals surface area (Å²) in [5.41, 5.74) is 3.33. The Morgan fingerprint density at radius 1 is 1.20 bits per heavy atom. The summed E-state index contributed by atoms with van der Waals surface area (Å²) in [7, 11) is 0. The van der Waals surface area contributed by atoms with Crippen molar-refractivity contribution in [1.29, 1.82) is 0 Å². The van der Waals surface area contributed by atoms with Gasteiger partial charge in [-0.2, -0.15) is 0 Å². The summed E-state index contributed by atoms with van der Waals surface area (Å²) in [6.45, 7) is 2.14.